The van der Waals surface area contributed by atoms with Gasteiger partial charge in [0, 0.05) is 18.4 Å². The van der Waals surface area contributed by atoms with E-state index in [1.165, 1.54) is 0 Å². The molecule has 0 aliphatic heterocycles. The van der Waals surface area contributed by atoms with Gasteiger partial charge in [-0.3, -0.25) is 14.3 Å². The molecule has 2 aromatic rings. The molecule has 1 N–H and O–H groups in total. The Morgan fingerprint density at radius 3 is 2.35 bits per heavy atom. The standard InChI is InChI=1S/C15H17N3O2/c1-9-7-5-6-8-12(9)16-15(20)14(19)13-10(2)17-18(4)11(13)3/h5-8H,1-4H3,(H,16,20). The maximum absolute atomic E-state index is 12.2. The minimum Gasteiger partial charge on any atom is -0.319 e. The number of benzene rings is 1. The Bertz CT molecular complexity index is 686. The number of carbonyl (C=O) groups is 2. The van der Waals surface area contributed by atoms with Crippen LogP contribution in [-0.2, 0) is 11.8 Å². The van der Waals surface area contributed by atoms with Crippen LogP contribution in [0.3, 0.4) is 0 Å². The average Bonchev–Trinajstić information content (AvgIpc) is 2.65. The van der Waals surface area contributed by atoms with Gasteiger partial charge in [-0.15, -0.1) is 0 Å². The minimum atomic E-state index is -0.640. The highest BCUT2D eigenvalue weighted by molar-refractivity contribution is 6.47. The number of rotatable bonds is 3. The quantitative estimate of drug-likeness (QED) is 0.687. The molecule has 0 atom stereocenters. The first-order valence-corrected chi connectivity index (χ1v) is 6.33. The van der Waals surface area contributed by atoms with Gasteiger partial charge in [0.25, 0.3) is 11.7 Å². The third-order valence-electron chi connectivity index (χ3n) is 3.34. The fraction of sp³-hybridized carbons (Fsp3) is 0.267. The van der Waals surface area contributed by atoms with Gasteiger partial charge in [0.1, 0.15) is 0 Å². The lowest BCUT2D eigenvalue weighted by Gasteiger charge is -2.07. The third-order valence-corrected chi connectivity index (χ3v) is 3.34. The summed E-state index contributed by atoms with van der Waals surface area (Å²) in [5.41, 5.74) is 3.18. The summed E-state index contributed by atoms with van der Waals surface area (Å²) < 4.78 is 1.60. The zero-order valence-electron chi connectivity index (χ0n) is 12.0. The van der Waals surface area contributed by atoms with Crippen LogP contribution in [0.25, 0.3) is 0 Å². The molecule has 0 aliphatic carbocycles. The van der Waals surface area contributed by atoms with E-state index in [0.29, 0.717) is 22.6 Å². The molecule has 0 unspecified atom stereocenters. The molecule has 20 heavy (non-hydrogen) atoms. The highest BCUT2D eigenvalue weighted by Crippen LogP contribution is 2.16. The van der Waals surface area contributed by atoms with Gasteiger partial charge in [-0.25, -0.2) is 0 Å². The number of hydrogen-bond acceptors (Lipinski definition) is 3. The monoisotopic (exact) mass is 271 g/mol. The molecule has 5 nitrogen and oxygen atoms in total. The lowest BCUT2D eigenvalue weighted by atomic mass is 10.1. The molecule has 1 heterocycles. The van der Waals surface area contributed by atoms with Crippen molar-refractivity contribution in [2.45, 2.75) is 20.8 Å². The summed E-state index contributed by atoms with van der Waals surface area (Å²) in [6.07, 6.45) is 0. The Morgan fingerprint density at radius 2 is 1.80 bits per heavy atom. The van der Waals surface area contributed by atoms with Crippen molar-refractivity contribution >= 4 is 17.4 Å². The van der Waals surface area contributed by atoms with Crippen molar-refractivity contribution in [3.05, 3.63) is 46.8 Å². The number of carbonyl (C=O) groups excluding carboxylic acids is 2. The third kappa shape index (κ3) is 2.47. The fourth-order valence-corrected chi connectivity index (χ4v) is 2.11. The lowest BCUT2D eigenvalue weighted by molar-refractivity contribution is -0.112. The summed E-state index contributed by atoms with van der Waals surface area (Å²) in [5.74, 6) is -1.20. The summed E-state index contributed by atoms with van der Waals surface area (Å²) in [6.45, 7) is 5.37. The zero-order valence-corrected chi connectivity index (χ0v) is 12.0. The zero-order chi connectivity index (χ0) is 14.9. The van der Waals surface area contributed by atoms with Crippen molar-refractivity contribution in [3.8, 4) is 0 Å². The van der Waals surface area contributed by atoms with E-state index in [4.69, 9.17) is 0 Å². The molecule has 0 radical (unpaired) electrons. The van der Waals surface area contributed by atoms with Crippen molar-refractivity contribution in [1.82, 2.24) is 9.78 Å². The molecule has 0 saturated heterocycles. The maximum Gasteiger partial charge on any atom is 0.296 e. The van der Waals surface area contributed by atoms with Crippen molar-refractivity contribution in [3.63, 3.8) is 0 Å². The largest absolute Gasteiger partial charge is 0.319 e. The topological polar surface area (TPSA) is 64.0 Å². The van der Waals surface area contributed by atoms with Crippen LogP contribution in [-0.4, -0.2) is 21.5 Å². The van der Waals surface area contributed by atoms with Gasteiger partial charge < -0.3 is 5.32 Å². The molecule has 104 valence electrons. The van der Waals surface area contributed by atoms with Crippen LogP contribution in [0.15, 0.2) is 24.3 Å². The van der Waals surface area contributed by atoms with E-state index in [1.54, 1.807) is 31.6 Å². The van der Waals surface area contributed by atoms with Crippen molar-refractivity contribution in [2.24, 2.45) is 7.05 Å². The van der Waals surface area contributed by atoms with Crippen molar-refractivity contribution in [2.75, 3.05) is 5.32 Å². The summed E-state index contributed by atoms with van der Waals surface area (Å²) >= 11 is 0. The Hall–Kier alpha value is -2.43. The number of nitrogens with zero attached hydrogens (tertiary/aromatic N) is 2. The highest BCUT2D eigenvalue weighted by atomic mass is 16.2. The Kier molecular flexibility index (Phi) is 3.70. The number of anilines is 1. The van der Waals surface area contributed by atoms with Crippen LogP contribution >= 0.6 is 0 Å². The normalized spacial score (nSPS) is 10.4. The first-order valence-electron chi connectivity index (χ1n) is 6.33. The molecule has 1 aromatic carbocycles. The molecular weight excluding hydrogens is 254 g/mol. The predicted molar refractivity (Wildman–Crippen MR) is 76.8 cm³/mol. The molecule has 0 saturated carbocycles. The summed E-state index contributed by atoms with van der Waals surface area (Å²) in [6, 6.07) is 7.33. The molecule has 0 fully saturated rings. The first-order chi connectivity index (χ1) is 9.41. The van der Waals surface area contributed by atoms with Crippen LogP contribution in [0.1, 0.15) is 27.3 Å². The summed E-state index contributed by atoms with van der Waals surface area (Å²) in [4.78, 5) is 24.3. The van der Waals surface area contributed by atoms with Gasteiger partial charge in [0.2, 0.25) is 0 Å². The van der Waals surface area contributed by atoms with E-state index in [0.717, 1.165) is 5.56 Å². The number of amides is 1. The smallest absolute Gasteiger partial charge is 0.296 e. The highest BCUT2D eigenvalue weighted by Gasteiger charge is 2.24. The molecule has 1 amide bonds. The second kappa shape index (κ2) is 5.28. The Balaban J connectivity index is 2.26. The molecule has 0 bridgehead atoms. The first kappa shape index (κ1) is 14.0. The van der Waals surface area contributed by atoms with Crippen LogP contribution in [0.4, 0.5) is 5.69 Å². The summed E-state index contributed by atoms with van der Waals surface area (Å²) in [7, 11) is 1.75. The fourth-order valence-electron chi connectivity index (χ4n) is 2.11. The minimum absolute atomic E-state index is 0.374. The second-order valence-electron chi connectivity index (χ2n) is 4.77. The molecule has 0 spiro atoms. The average molecular weight is 271 g/mol. The number of para-hydroxylation sites is 1. The Labute approximate surface area is 117 Å². The van der Waals surface area contributed by atoms with Gasteiger partial charge >= 0.3 is 0 Å². The summed E-state index contributed by atoms with van der Waals surface area (Å²) in [5, 5.41) is 6.80. The lowest BCUT2D eigenvalue weighted by Crippen LogP contribution is -2.24. The number of aryl methyl sites for hydroxylation is 3. The van der Waals surface area contributed by atoms with Gasteiger partial charge in [0.15, 0.2) is 0 Å². The number of ketones is 1. The van der Waals surface area contributed by atoms with Crippen LogP contribution in [0.2, 0.25) is 0 Å². The van der Waals surface area contributed by atoms with Crippen LogP contribution < -0.4 is 5.32 Å². The Morgan fingerprint density at radius 1 is 1.15 bits per heavy atom. The van der Waals surface area contributed by atoms with E-state index in [1.807, 2.05) is 25.1 Å². The van der Waals surface area contributed by atoms with E-state index in [-0.39, 0.29) is 0 Å². The molecule has 2 rings (SSSR count). The van der Waals surface area contributed by atoms with Gasteiger partial charge in [0.05, 0.1) is 11.3 Å². The van der Waals surface area contributed by atoms with Gasteiger partial charge in [-0.2, -0.15) is 5.10 Å². The maximum atomic E-state index is 12.2. The van der Waals surface area contributed by atoms with E-state index in [9.17, 15) is 9.59 Å². The van der Waals surface area contributed by atoms with Crippen LogP contribution in [0.5, 0.6) is 0 Å². The van der Waals surface area contributed by atoms with Gasteiger partial charge in [-0.1, -0.05) is 18.2 Å². The van der Waals surface area contributed by atoms with E-state index < -0.39 is 11.7 Å². The molecular formula is C15H17N3O2. The van der Waals surface area contributed by atoms with Crippen LogP contribution in [0, 0.1) is 20.8 Å². The SMILES string of the molecule is Cc1ccccc1NC(=O)C(=O)c1c(C)nn(C)c1C. The van der Waals surface area contributed by atoms with Crippen molar-refractivity contribution < 1.29 is 9.59 Å². The number of Topliss-reactive ketones (excluding diaryl/α,β-unsaturated/α-hetero) is 1. The van der Waals surface area contributed by atoms with E-state index in [2.05, 4.69) is 10.4 Å². The second-order valence-corrected chi connectivity index (χ2v) is 4.77. The van der Waals surface area contributed by atoms with E-state index >= 15 is 0 Å². The molecule has 0 aliphatic rings. The number of aromatic nitrogens is 2. The number of hydrogen-bond donors (Lipinski definition) is 1. The molecule has 1 aromatic heterocycles. The van der Waals surface area contributed by atoms with Gasteiger partial charge in [-0.05, 0) is 32.4 Å². The van der Waals surface area contributed by atoms with Crippen molar-refractivity contribution in [1.29, 1.82) is 0 Å². The predicted octanol–water partition coefficient (Wildman–Crippen LogP) is 2.17. The number of nitrogens with one attached hydrogen (secondary N) is 1. The molecule has 5 heteroatoms.